The highest BCUT2D eigenvalue weighted by Crippen LogP contribution is 2.38. The standard InChI is InChI=1S/C34H31F3N8O3S/c1-3-38-33(47)40-23-11-7-21(8-12-23)30-26(19-42(2)17-18-43-16-15-39-41-43)29-31(46)45(24-13-9-22(35)10-14-24)34(48)44(32(29)49-30)20-25-27(36)5-4-6-28(25)37/h4-16H,3,17-20H2,1-2H3,(H2,38,40,47). The van der Waals surface area contributed by atoms with Crippen LogP contribution in [0.15, 0.2) is 88.7 Å². The monoisotopic (exact) mass is 688 g/mol. The van der Waals surface area contributed by atoms with Crippen molar-refractivity contribution in [3.63, 3.8) is 0 Å². The van der Waals surface area contributed by atoms with E-state index in [-0.39, 0.29) is 34.0 Å². The number of thiophene rings is 1. The van der Waals surface area contributed by atoms with Crippen LogP contribution in [0.25, 0.3) is 26.3 Å². The zero-order valence-electron chi connectivity index (χ0n) is 26.5. The van der Waals surface area contributed by atoms with Crippen molar-refractivity contribution in [1.82, 2.24) is 34.3 Å². The highest BCUT2D eigenvalue weighted by atomic mass is 32.1. The van der Waals surface area contributed by atoms with E-state index >= 15 is 0 Å². The maximum Gasteiger partial charge on any atom is 0.337 e. The number of rotatable bonds is 11. The number of halogens is 3. The average molecular weight is 689 g/mol. The maximum absolute atomic E-state index is 15.0. The minimum absolute atomic E-state index is 0.0973. The van der Waals surface area contributed by atoms with Crippen molar-refractivity contribution in [3.8, 4) is 16.1 Å². The second-order valence-corrected chi connectivity index (χ2v) is 12.2. The zero-order chi connectivity index (χ0) is 34.7. The SMILES string of the molecule is CCNC(=O)Nc1ccc(-c2sc3c(c2CN(C)CCn2ccnn2)c(=O)n(-c2ccc(F)cc2)c(=O)n3Cc2c(F)cccc2F)cc1. The molecule has 6 aromatic rings. The largest absolute Gasteiger partial charge is 0.338 e. The summed E-state index contributed by atoms with van der Waals surface area (Å²) >= 11 is 1.15. The predicted octanol–water partition coefficient (Wildman–Crippen LogP) is 5.21. The quantitative estimate of drug-likeness (QED) is 0.193. The molecule has 49 heavy (non-hydrogen) atoms. The molecule has 252 valence electrons. The van der Waals surface area contributed by atoms with Crippen molar-refractivity contribution in [2.75, 3.05) is 25.5 Å². The molecule has 15 heteroatoms. The molecule has 0 fully saturated rings. The van der Waals surface area contributed by atoms with Crippen LogP contribution in [0.3, 0.4) is 0 Å². The molecular weight excluding hydrogens is 657 g/mol. The van der Waals surface area contributed by atoms with Crippen LogP contribution >= 0.6 is 11.3 Å². The number of anilines is 1. The Bertz CT molecular complexity index is 2210. The first-order valence-electron chi connectivity index (χ1n) is 15.3. The van der Waals surface area contributed by atoms with Gasteiger partial charge in [-0.2, -0.15) is 0 Å². The van der Waals surface area contributed by atoms with E-state index in [9.17, 15) is 27.6 Å². The van der Waals surface area contributed by atoms with E-state index in [2.05, 4.69) is 20.9 Å². The molecule has 0 atom stereocenters. The summed E-state index contributed by atoms with van der Waals surface area (Å²) in [6.07, 6.45) is 3.31. The number of nitrogens with zero attached hydrogens (tertiary/aromatic N) is 6. The van der Waals surface area contributed by atoms with Gasteiger partial charge >= 0.3 is 11.7 Å². The molecule has 0 aliphatic carbocycles. The molecule has 3 aromatic heterocycles. The number of likely N-dealkylation sites (N-methyl/N-ethyl adjacent to an activating group) is 1. The summed E-state index contributed by atoms with van der Waals surface area (Å²) in [6, 6.07) is 14.9. The molecule has 0 aliphatic rings. The van der Waals surface area contributed by atoms with Crippen molar-refractivity contribution >= 4 is 33.3 Å². The van der Waals surface area contributed by atoms with Gasteiger partial charge in [0.2, 0.25) is 0 Å². The molecule has 0 saturated heterocycles. The summed E-state index contributed by atoms with van der Waals surface area (Å²) in [4.78, 5) is 43.5. The first-order valence-corrected chi connectivity index (χ1v) is 16.1. The average Bonchev–Trinajstić information content (AvgIpc) is 3.73. The Kier molecular flexibility index (Phi) is 9.73. The first-order chi connectivity index (χ1) is 23.6. The highest BCUT2D eigenvalue weighted by molar-refractivity contribution is 7.22. The lowest BCUT2D eigenvalue weighted by Crippen LogP contribution is -2.39. The number of aromatic nitrogens is 5. The summed E-state index contributed by atoms with van der Waals surface area (Å²) < 4.78 is 47.7. The van der Waals surface area contributed by atoms with E-state index in [0.29, 0.717) is 41.3 Å². The van der Waals surface area contributed by atoms with Crippen LogP contribution in [0.1, 0.15) is 18.1 Å². The molecule has 0 saturated carbocycles. The fraction of sp³-hybridized carbons (Fsp3) is 0.206. The molecule has 11 nitrogen and oxygen atoms in total. The van der Waals surface area contributed by atoms with E-state index in [1.807, 2.05) is 11.9 Å². The Labute approximate surface area is 281 Å². The minimum atomic E-state index is -0.848. The Morgan fingerprint density at radius 3 is 2.33 bits per heavy atom. The molecule has 3 aromatic carbocycles. The molecule has 0 radical (unpaired) electrons. The summed E-state index contributed by atoms with van der Waals surface area (Å²) in [5.74, 6) is -2.26. The lowest BCUT2D eigenvalue weighted by Gasteiger charge is -2.18. The third kappa shape index (κ3) is 7.03. The number of urea groups is 1. The van der Waals surface area contributed by atoms with E-state index in [0.717, 1.165) is 40.2 Å². The Morgan fingerprint density at radius 2 is 1.67 bits per heavy atom. The predicted molar refractivity (Wildman–Crippen MR) is 182 cm³/mol. The number of amides is 2. The van der Waals surface area contributed by atoms with E-state index in [4.69, 9.17) is 0 Å². The van der Waals surface area contributed by atoms with Crippen LogP contribution in [0.2, 0.25) is 0 Å². The lowest BCUT2D eigenvalue weighted by molar-refractivity contribution is 0.252. The van der Waals surface area contributed by atoms with Gasteiger partial charge in [0.25, 0.3) is 5.56 Å². The molecule has 6 rings (SSSR count). The van der Waals surface area contributed by atoms with E-state index < -0.39 is 35.2 Å². The normalized spacial score (nSPS) is 11.4. The Hall–Kier alpha value is -5.54. The summed E-state index contributed by atoms with van der Waals surface area (Å²) in [5.41, 5.74) is 0.0476. The van der Waals surface area contributed by atoms with Crippen LogP contribution in [0.4, 0.5) is 23.7 Å². The summed E-state index contributed by atoms with van der Waals surface area (Å²) in [5, 5.41) is 13.5. The van der Waals surface area contributed by atoms with E-state index in [1.54, 1.807) is 48.3 Å². The fourth-order valence-electron chi connectivity index (χ4n) is 5.47. The smallest absolute Gasteiger partial charge is 0.337 e. The number of benzene rings is 3. The highest BCUT2D eigenvalue weighted by Gasteiger charge is 2.26. The van der Waals surface area contributed by atoms with Gasteiger partial charge in [-0.3, -0.25) is 14.0 Å². The van der Waals surface area contributed by atoms with E-state index in [1.165, 1.54) is 22.8 Å². The van der Waals surface area contributed by atoms with Crippen LogP contribution < -0.4 is 21.9 Å². The second kappa shape index (κ2) is 14.3. The van der Waals surface area contributed by atoms with Gasteiger partial charge in [-0.1, -0.05) is 23.4 Å². The number of nitrogens with one attached hydrogen (secondary N) is 2. The van der Waals surface area contributed by atoms with Crippen LogP contribution in [-0.2, 0) is 19.6 Å². The van der Waals surface area contributed by atoms with Crippen molar-refractivity contribution in [3.05, 3.63) is 129 Å². The zero-order valence-corrected chi connectivity index (χ0v) is 27.3. The minimum Gasteiger partial charge on any atom is -0.338 e. The third-order valence-electron chi connectivity index (χ3n) is 7.89. The fourth-order valence-corrected chi connectivity index (χ4v) is 6.77. The van der Waals surface area contributed by atoms with Gasteiger partial charge in [-0.25, -0.2) is 27.3 Å². The Morgan fingerprint density at radius 1 is 0.959 bits per heavy atom. The van der Waals surface area contributed by atoms with Crippen LogP contribution in [0.5, 0.6) is 0 Å². The van der Waals surface area contributed by atoms with Crippen molar-refractivity contribution < 1.29 is 18.0 Å². The van der Waals surface area contributed by atoms with Gasteiger partial charge in [0.1, 0.15) is 22.3 Å². The maximum atomic E-state index is 15.0. The van der Waals surface area contributed by atoms with Crippen LogP contribution in [0, 0.1) is 17.5 Å². The Balaban J connectivity index is 1.57. The number of fused-ring (bicyclic) bond motifs is 1. The molecule has 0 unspecified atom stereocenters. The van der Waals surface area contributed by atoms with Crippen molar-refractivity contribution in [2.24, 2.45) is 0 Å². The molecule has 0 aliphatic heterocycles. The summed E-state index contributed by atoms with van der Waals surface area (Å²) in [7, 11) is 1.87. The van der Waals surface area contributed by atoms with Gasteiger partial charge < -0.3 is 15.5 Å². The second-order valence-electron chi connectivity index (χ2n) is 11.2. The molecule has 3 heterocycles. The third-order valence-corrected chi connectivity index (χ3v) is 9.19. The van der Waals surface area contributed by atoms with Gasteiger partial charge in [0.05, 0.1) is 30.4 Å². The van der Waals surface area contributed by atoms with Crippen molar-refractivity contribution in [2.45, 2.75) is 26.6 Å². The summed E-state index contributed by atoms with van der Waals surface area (Å²) in [6.45, 7) is 3.01. The number of carbonyl (C=O) groups is 1. The number of hydrogen-bond donors (Lipinski definition) is 2. The van der Waals surface area contributed by atoms with Gasteiger partial charge in [0.15, 0.2) is 0 Å². The lowest BCUT2D eigenvalue weighted by atomic mass is 10.1. The number of hydrogen-bond acceptors (Lipinski definition) is 7. The first kappa shape index (κ1) is 33.4. The molecule has 0 bridgehead atoms. The van der Waals surface area contributed by atoms with Gasteiger partial charge in [0, 0.05) is 42.0 Å². The van der Waals surface area contributed by atoms with Gasteiger partial charge in [-0.05, 0) is 73.6 Å². The van der Waals surface area contributed by atoms with Crippen LogP contribution in [-0.4, -0.2) is 55.2 Å². The molecule has 2 N–H and O–H groups in total. The molecular formula is C34H31F3N8O3S. The molecule has 0 spiro atoms. The van der Waals surface area contributed by atoms with Crippen molar-refractivity contribution in [1.29, 1.82) is 0 Å². The molecule has 2 amide bonds. The topological polar surface area (TPSA) is 119 Å². The van der Waals surface area contributed by atoms with Gasteiger partial charge in [-0.15, -0.1) is 16.4 Å². The number of carbonyl (C=O) groups excluding carboxylic acids is 1.